The molecular formula is C14H16N4O2. The monoisotopic (exact) mass is 272 g/mol. The van der Waals surface area contributed by atoms with Crippen molar-refractivity contribution in [1.82, 2.24) is 15.5 Å². The van der Waals surface area contributed by atoms with Crippen LogP contribution in [-0.2, 0) is 4.74 Å². The number of benzene rings is 1. The summed E-state index contributed by atoms with van der Waals surface area (Å²) in [6, 6.07) is 7.44. The Hall–Kier alpha value is -1.92. The third-order valence-corrected chi connectivity index (χ3v) is 4.43. The molecule has 1 aliphatic heterocycles. The number of para-hydroxylation sites is 1. The Bertz CT molecular complexity index is 668. The standard InChI is InChI=1S/C14H16N4O2/c15-10-8-5-6-20-13(8)12(10)16-14(19)11-7-3-1-2-4-9(7)17-18-11/h1-4,8,10,12-13H,5-6,15H2,(H,16,19)(H,17,18). The first-order valence-electron chi connectivity index (χ1n) is 6.87. The van der Waals surface area contributed by atoms with Crippen LogP contribution < -0.4 is 11.1 Å². The van der Waals surface area contributed by atoms with E-state index in [9.17, 15) is 4.79 Å². The van der Waals surface area contributed by atoms with Gasteiger partial charge in [0.25, 0.3) is 5.91 Å². The molecule has 0 spiro atoms. The number of hydrogen-bond donors (Lipinski definition) is 3. The summed E-state index contributed by atoms with van der Waals surface area (Å²) in [5, 5.41) is 10.7. The van der Waals surface area contributed by atoms with Crippen LogP contribution in [0, 0.1) is 5.92 Å². The fourth-order valence-corrected chi connectivity index (χ4v) is 3.28. The molecule has 1 aromatic heterocycles. The molecule has 20 heavy (non-hydrogen) atoms. The van der Waals surface area contributed by atoms with Gasteiger partial charge in [-0.1, -0.05) is 18.2 Å². The predicted molar refractivity (Wildman–Crippen MR) is 73.2 cm³/mol. The summed E-state index contributed by atoms with van der Waals surface area (Å²) in [4.78, 5) is 12.4. The van der Waals surface area contributed by atoms with Gasteiger partial charge in [-0.2, -0.15) is 5.10 Å². The summed E-state index contributed by atoms with van der Waals surface area (Å²) >= 11 is 0. The molecule has 4 atom stereocenters. The van der Waals surface area contributed by atoms with Crippen LogP contribution in [-0.4, -0.2) is 40.9 Å². The minimum atomic E-state index is -0.197. The van der Waals surface area contributed by atoms with Gasteiger partial charge in [0.2, 0.25) is 0 Å². The summed E-state index contributed by atoms with van der Waals surface area (Å²) in [6.45, 7) is 0.737. The first-order valence-corrected chi connectivity index (χ1v) is 6.87. The van der Waals surface area contributed by atoms with Crippen molar-refractivity contribution in [3.05, 3.63) is 30.0 Å². The number of carbonyl (C=O) groups is 1. The zero-order valence-electron chi connectivity index (χ0n) is 10.9. The van der Waals surface area contributed by atoms with Crippen molar-refractivity contribution in [3.63, 3.8) is 0 Å². The zero-order valence-corrected chi connectivity index (χ0v) is 10.9. The maximum absolute atomic E-state index is 12.4. The summed E-state index contributed by atoms with van der Waals surface area (Å²) in [6.07, 6.45) is 1.06. The van der Waals surface area contributed by atoms with Gasteiger partial charge in [0.15, 0.2) is 5.69 Å². The predicted octanol–water partition coefficient (Wildman–Crippen LogP) is 0.407. The van der Waals surface area contributed by atoms with Gasteiger partial charge in [-0.15, -0.1) is 0 Å². The Morgan fingerprint density at radius 2 is 2.30 bits per heavy atom. The van der Waals surface area contributed by atoms with Crippen LogP contribution in [0.5, 0.6) is 0 Å². The Kier molecular flexibility index (Phi) is 2.55. The van der Waals surface area contributed by atoms with Gasteiger partial charge in [-0.25, -0.2) is 0 Å². The van der Waals surface area contributed by atoms with Crippen molar-refractivity contribution in [3.8, 4) is 0 Å². The number of carbonyl (C=O) groups excluding carboxylic acids is 1. The molecule has 4 unspecified atom stereocenters. The van der Waals surface area contributed by atoms with Crippen LogP contribution in [0.3, 0.4) is 0 Å². The van der Waals surface area contributed by atoms with Gasteiger partial charge in [0.05, 0.1) is 17.7 Å². The van der Waals surface area contributed by atoms with Crippen molar-refractivity contribution >= 4 is 16.8 Å². The second-order valence-electron chi connectivity index (χ2n) is 5.48. The minimum Gasteiger partial charge on any atom is -0.376 e. The highest BCUT2D eigenvalue weighted by Gasteiger charge is 2.52. The largest absolute Gasteiger partial charge is 0.376 e. The molecule has 1 saturated heterocycles. The topological polar surface area (TPSA) is 93.0 Å². The van der Waals surface area contributed by atoms with Crippen molar-refractivity contribution < 1.29 is 9.53 Å². The molecule has 4 rings (SSSR count). The highest BCUT2D eigenvalue weighted by Crippen LogP contribution is 2.37. The number of nitrogens with two attached hydrogens (primary N) is 1. The van der Waals surface area contributed by atoms with E-state index in [1.54, 1.807) is 0 Å². The van der Waals surface area contributed by atoms with Crippen LogP contribution >= 0.6 is 0 Å². The van der Waals surface area contributed by atoms with Gasteiger partial charge in [-0.3, -0.25) is 9.89 Å². The quantitative estimate of drug-likeness (QED) is 0.738. The lowest BCUT2D eigenvalue weighted by Crippen LogP contribution is -2.69. The fourth-order valence-electron chi connectivity index (χ4n) is 3.28. The zero-order chi connectivity index (χ0) is 13.7. The Labute approximate surface area is 115 Å². The third kappa shape index (κ3) is 1.58. The summed E-state index contributed by atoms with van der Waals surface area (Å²) in [5.74, 6) is 0.188. The molecule has 104 valence electrons. The first kappa shape index (κ1) is 11.9. The van der Waals surface area contributed by atoms with Gasteiger partial charge in [0.1, 0.15) is 0 Å². The van der Waals surface area contributed by atoms with E-state index >= 15 is 0 Å². The fraction of sp³-hybridized carbons (Fsp3) is 0.429. The number of rotatable bonds is 2. The van der Waals surface area contributed by atoms with Crippen LogP contribution in [0.1, 0.15) is 16.9 Å². The van der Waals surface area contributed by atoms with E-state index in [0.717, 1.165) is 23.9 Å². The lowest BCUT2D eigenvalue weighted by Gasteiger charge is -2.45. The van der Waals surface area contributed by atoms with E-state index in [0.29, 0.717) is 11.6 Å². The molecule has 1 aromatic carbocycles. The number of aromatic nitrogens is 2. The normalized spacial score (nSPS) is 31.9. The second-order valence-corrected chi connectivity index (χ2v) is 5.48. The van der Waals surface area contributed by atoms with Crippen molar-refractivity contribution in [2.45, 2.75) is 24.6 Å². The lowest BCUT2D eigenvalue weighted by molar-refractivity contribution is -0.0161. The van der Waals surface area contributed by atoms with Crippen molar-refractivity contribution in [2.75, 3.05) is 6.61 Å². The highest BCUT2D eigenvalue weighted by atomic mass is 16.5. The molecule has 6 nitrogen and oxygen atoms in total. The first-order chi connectivity index (χ1) is 9.75. The molecule has 2 fully saturated rings. The number of ether oxygens (including phenoxy) is 1. The van der Waals surface area contributed by atoms with E-state index in [4.69, 9.17) is 10.5 Å². The molecule has 4 N–H and O–H groups in total. The van der Waals surface area contributed by atoms with Crippen LogP contribution in [0.15, 0.2) is 24.3 Å². The molecule has 1 amide bonds. The highest BCUT2D eigenvalue weighted by molar-refractivity contribution is 6.04. The van der Waals surface area contributed by atoms with Crippen molar-refractivity contribution in [1.29, 1.82) is 0 Å². The Morgan fingerprint density at radius 1 is 1.45 bits per heavy atom. The smallest absolute Gasteiger partial charge is 0.272 e. The number of nitrogens with one attached hydrogen (secondary N) is 2. The number of nitrogens with zero attached hydrogens (tertiary/aromatic N) is 1. The molecule has 2 heterocycles. The lowest BCUT2D eigenvalue weighted by atomic mass is 9.72. The summed E-state index contributed by atoms with van der Waals surface area (Å²) in [5.41, 5.74) is 7.36. The van der Waals surface area contributed by atoms with E-state index < -0.39 is 0 Å². The average molecular weight is 272 g/mol. The van der Waals surface area contributed by atoms with E-state index in [1.165, 1.54) is 0 Å². The minimum absolute atomic E-state index is 0.0170. The Morgan fingerprint density at radius 3 is 3.20 bits per heavy atom. The second kappa shape index (κ2) is 4.29. The molecule has 0 bridgehead atoms. The number of fused-ring (bicyclic) bond motifs is 2. The van der Waals surface area contributed by atoms with Crippen LogP contribution in [0.25, 0.3) is 10.9 Å². The summed E-state index contributed by atoms with van der Waals surface area (Å²) in [7, 11) is 0. The maximum Gasteiger partial charge on any atom is 0.272 e. The molecule has 6 heteroatoms. The van der Waals surface area contributed by atoms with Crippen LogP contribution in [0.2, 0.25) is 0 Å². The van der Waals surface area contributed by atoms with E-state index in [1.807, 2.05) is 24.3 Å². The van der Waals surface area contributed by atoms with Gasteiger partial charge in [-0.05, 0) is 12.5 Å². The third-order valence-electron chi connectivity index (χ3n) is 4.43. The van der Waals surface area contributed by atoms with Gasteiger partial charge in [0, 0.05) is 24.0 Å². The number of amides is 1. The maximum atomic E-state index is 12.4. The number of aromatic amines is 1. The molecule has 1 aliphatic carbocycles. The van der Waals surface area contributed by atoms with E-state index in [-0.39, 0.29) is 24.1 Å². The summed E-state index contributed by atoms with van der Waals surface area (Å²) < 4.78 is 5.62. The molecule has 2 aromatic rings. The SMILES string of the molecule is NC1C2CCOC2C1NC(=O)c1n[nH]c2ccccc12. The van der Waals surface area contributed by atoms with Crippen molar-refractivity contribution in [2.24, 2.45) is 11.7 Å². The molecule has 2 aliphatic rings. The van der Waals surface area contributed by atoms with Gasteiger partial charge < -0.3 is 15.8 Å². The molecule has 1 saturated carbocycles. The van der Waals surface area contributed by atoms with Gasteiger partial charge >= 0.3 is 0 Å². The number of H-pyrrole nitrogens is 1. The van der Waals surface area contributed by atoms with Crippen LogP contribution in [0.4, 0.5) is 0 Å². The average Bonchev–Trinajstić information content (AvgIpc) is 3.08. The molecule has 0 radical (unpaired) electrons. The van der Waals surface area contributed by atoms with E-state index in [2.05, 4.69) is 15.5 Å². The Balaban J connectivity index is 1.56. The molecular weight excluding hydrogens is 256 g/mol. The number of hydrogen-bond acceptors (Lipinski definition) is 4.